The quantitative estimate of drug-likeness (QED) is 0.888. The highest BCUT2D eigenvalue weighted by molar-refractivity contribution is 5.52. The van der Waals surface area contributed by atoms with E-state index in [1.54, 1.807) is 6.92 Å². The minimum atomic E-state index is -4.42. The first kappa shape index (κ1) is 13.0. The van der Waals surface area contributed by atoms with Crippen LogP contribution in [0.1, 0.15) is 18.1 Å². The van der Waals surface area contributed by atoms with E-state index in [1.807, 2.05) is 0 Å². The molecule has 0 saturated carbocycles. The summed E-state index contributed by atoms with van der Waals surface area (Å²) in [6.45, 7) is 2.25. The first-order valence-electron chi connectivity index (χ1n) is 5.64. The van der Waals surface area contributed by atoms with Crippen molar-refractivity contribution in [3.05, 3.63) is 23.3 Å². The van der Waals surface area contributed by atoms with E-state index in [9.17, 15) is 13.2 Å². The lowest BCUT2D eigenvalue weighted by Crippen LogP contribution is -2.24. The van der Waals surface area contributed by atoms with Crippen molar-refractivity contribution in [1.82, 2.24) is 0 Å². The summed E-state index contributed by atoms with van der Waals surface area (Å²) in [6, 6.07) is 1.93. The second-order valence-corrected chi connectivity index (χ2v) is 4.30. The van der Waals surface area contributed by atoms with Crippen molar-refractivity contribution in [3.8, 4) is 11.5 Å². The number of hydrogen-bond acceptors (Lipinski definition) is 3. The minimum absolute atomic E-state index is 0.0784. The van der Waals surface area contributed by atoms with Crippen LogP contribution < -0.4 is 15.2 Å². The van der Waals surface area contributed by atoms with E-state index in [1.165, 1.54) is 6.07 Å². The first-order chi connectivity index (χ1) is 8.39. The number of benzene rings is 1. The summed E-state index contributed by atoms with van der Waals surface area (Å²) in [5, 5.41) is 0. The van der Waals surface area contributed by atoms with Crippen molar-refractivity contribution in [2.24, 2.45) is 5.73 Å². The summed E-state index contributed by atoms with van der Waals surface area (Å²) in [4.78, 5) is 0. The number of rotatable bonds is 2. The molecular formula is C12H14F3NO2. The maximum Gasteiger partial charge on any atom is 0.416 e. The van der Waals surface area contributed by atoms with E-state index in [-0.39, 0.29) is 30.4 Å². The maximum atomic E-state index is 12.9. The Morgan fingerprint density at radius 3 is 2.56 bits per heavy atom. The summed E-state index contributed by atoms with van der Waals surface area (Å²) in [6.07, 6.45) is -4.32. The third-order valence-corrected chi connectivity index (χ3v) is 2.64. The van der Waals surface area contributed by atoms with Gasteiger partial charge in [-0.2, -0.15) is 13.2 Å². The van der Waals surface area contributed by atoms with E-state index >= 15 is 0 Å². The number of halogens is 3. The smallest absolute Gasteiger partial charge is 0.416 e. The van der Waals surface area contributed by atoms with Crippen LogP contribution in [0.4, 0.5) is 13.2 Å². The summed E-state index contributed by atoms with van der Waals surface area (Å²) >= 11 is 0. The second-order valence-electron chi connectivity index (χ2n) is 4.30. The fraction of sp³-hybridized carbons (Fsp3) is 0.500. The molecule has 1 aromatic rings. The fourth-order valence-corrected chi connectivity index (χ4v) is 1.96. The predicted molar refractivity (Wildman–Crippen MR) is 59.8 cm³/mol. The largest absolute Gasteiger partial charge is 0.486 e. The molecule has 1 aliphatic heterocycles. The highest BCUT2D eigenvalue weighted by Crippen LogP contribution is 2.42. The molecule has 1 atom stereocenters. The lowest BCUT2D eigenvalue weighted by Gasteiger charge is -2.24. The van der Waals surface area contributed by atoms with E-state index < -0.39 is 11.7 Å². The zero-order chi connectivity index (χ0) is 13.3. The van der Waals surface area contributed by atoms with E-state index in [4.69, 9.17) is 15.2 Å². The molecule has 1 aromatic carbocycles. The van der Waals surface area contributed by atoms with E-state index in [2.05, 4.69) is 0 Å². The normalized spacial score (nSPS) is 16.5. The third kappa shape index (κ3) is 2.53. The van der Waals surface area contributed by atoms with Gasteiger partial charge >= 0.3 is 6.18 Å². The standard InChI is InChI=1S/C12H14F3NO2/c1-7(16)6-8-9(12(13,14)15)2-3-10-11(8)18-5-4-17-10/h2-3,7H,4-6,16H2,1H3. The molecule has 0 radical (unpaired) electrons. The van der Waals surface area contributed by atoms with E-state index in [0.717, 1.165) is 6.07 Å². The molecule has 1 unspecified atom stereocenters. The number of ether oxygens (including phenoxy) is 2. The van der Waals surface area contributed by atoms with Crippen LogP contribution in [0.3, 0.4) is 0 Å². The third-order valence-electron chi connectivity index (χ3n) is 2.64. The van der Waals surface area contributed by atoms with Gasteiger partial charge in [0.05, 0.1) is 5.56 Å². The highest BCUT2D eigenvalue weighted by Gasteiger charge is 2.36. The molecule has 100 valence electrons. The Kier molecular flexibility index (Phi) is 3.38. The fourth-order valence-electron chi connectivity index (χ4n) is 1.96. The molecule has 18 heavy (non-hydrogen) atoms. The van der Waals surface area contributed by atoms with Crippen LogP contribution in [0, 0.1) is 0 Å². The summed E-state index contributed by atoms with van der Waals surface area (Å²) in [7, 11) is 0. The molecule has 0 spiro atoms. The first-order valence-corrected chi connectivity index (χ1v) is 5.64. The molecule has 6 heteroatoms. The average molecular weight is 261 g/mol. The van der Waals surface area contributed by atoms with Crippen LogP contribution >= 0.6 is 0 Å². The van der Waals surface area contributed by atoms with Gasteiger partial charge in [-0.15, -0.1) is 0 Å². The van der Waals surface area contributed by atoms with Gasteiger partial charge in [-0.3, -0.25) is 0 Å². The molecule has 0 aliphatic carbocycles. The Hall–Kier alpha value is -1.43. The van der Waals surface area contributed by atoms with Crippen molar-refractivity contribution in [2.75, 3.05) is 13.2 Å². The Morgan fingerprint density at radius 2 is 1.94 bits per heavy atom. The summed E-state index contributed by atoms with van der Waals surface area (Å²) < 4.78 is 49.4. The Morgan fingerprint density at radius 1 is 1.28 bits per heavy atom. The maximum absolute atomic E-state index is 12.9. The number of fused-ring (bicyclic) bond motifs is 1. The van der Waals surface area contributed by atoms with Crippen LogP contribution in [0.2, 0.25) is 0 Å². The minimum Gasteiger partial charge on any atom is -0.486 e. The topological polar surface area (TPSA) is 44.5 Å². The molecule has 1 heterocycles. The van der Waals surface area contributed by atoms with Gasteiger partial charge in [0, 0.05) is 11.6 Å². The van der Waals surface area contributed by atoms with Crippen LogP contribution in [0.15, 0.2) is 12.1 Å². The molecule has 0 fully saturated rings. The monoisotopic (exact) mass is 261 g/mol. The van der Waals surface area contributed by atoms with Gasteiger partial charge in [-0.1, -0.05) is 0 Å². The molecule has 0 aromatic heterocycles. The summed E-state index contributed by atoms with van der Waals surface area (Å²) in [5.41, 5.74) is 4.98. The van der Waals surface area contributed by atoms with Gasteiger partial charge in [0.25, 0.3) is 0 Å². The van der Waals surface area contributed by atoms with Gasteiger partial charge in [0.2, 0.25) is 0 Å². The molecule has 2 rings (SSSR count). The average Bonchev–Trinajstić information content (AvgIpc) is 2.27. The molecule has 1 aliphatic rings. The van der Waals surface area contributed by atoms with Crippen LogP contribution in [0.5, 0.6) is 11.5 Å². The molecule has 3 nitrogen and oxygen atoms in total. The lowest BCUT2D eigenvalue weighted by atomic mass is 9.98. The Balaban J connectivity index is 2.53. The lowest BCUT2D eigenvalue weighted by molar-refractivity contribution is -0.138. The van der Waals surface area contributed by atoms with Gasteiger partial charge in [-0.05, 0) is 25.5 Å². The molecule has 0 amide bonds. The van der Waals surface area contributed by atoms with Gasteiger partial charge in [-0.25, -0.2) is 0 Å². The SMILES string of the molecule is CC(N)Cc1c(C(F)(F)F)ccc2c1OCCO2. The molecular weight excluding hydrogens is 247 g/mol. The number of alkyl halides is 3. The Bertz CT molecular complexity index is 444. The summed E-state index contributed by atoms with van der Waals surface area (Å²) in [5.74, 6) is 0.526. The van der Waals surface area contributed by atoms with Crippen molar-refractivity contribution < 1.29 is 22.6 Å². The highest BCUT2D eigenvalue weighted by atomic mass is 19.4. The zero-order valence-corrected chi connectivity index (χ0v) is 9.88. The predicted octanol–water partition coefficient (Wildman–Crippen LogP) is 2.37. The van der Waals surface area contributed by atoms with Crippen LogP contribution in [-0.4, -0.2) is 19.3 Å². The van der Waals surface area contributed by atoms with Crippen LogP contribution in [0.25, 0.3) is 0 Å². The number of hydrogen-bond donors (Lipinski definition) is 1. The van der Waals surface area contributed by atoms with Crippen molar-refractivity contribution >= 4 is 0 Å². The van der Waals surface area contributed by atoms with Gasteiger partial charge in [0.1, 0.15) is 13.2 Å². The van der Waals surface area contributed by atoms with Crippen molar-refractivity contribution in [2.45, 2.75) is 25.6 Å². The molecule has 2 N–H and O–H groups in total. The van der Waals surface area contributed by atoms with Crippen LogP contribution in [-0.2, 0) is 12.6 Å². The molecule has 0 saturated heterocycles. The van der Waals surface area contributed by atoms with Gasteiger partial charge in [0.15, 0.2) is 11.5 Å². The zero-order valence-electron chi connectivity index (χ0n) is 9.88. The Labute approximate surface area is 103 Å². The second kappa shape index (κ2) is 4.68. The molecule has 0 bridgehead atoms. The van der Waals surface area contributed by atoms with Gasteiger partial charge < -0.3 is 15.2 Å². The number of nitrogens with two attached hydrogens (primary N) is 1. The van der Waals surface area contributed by atoms with E-state index in [0.29, 0.717) is 12.4 Å². The van der Waals surface area contributed by atoms with Crippen molar-refractivity contribution in [1.29, 1.82) is 0 Å². The van der Waals surface area contributed by atoms with Crippen molar-refractivity contribution in [3.63, 3.8) is 0 Å².